The highest BCUT2D eigenvalue weighted by Crippen LogP contribution is 2.18. The summed E-state index contributed by atoms with van der Waals surface area (Å²) in [7, 11) is 0. The minimum absolute atomic E-state index is 0.159. The molecular formula is C13H10ClN3O2. The van der Waals surface area contributed by atoms with Crippen molar-refractivity contribution in [3.63, 3.8) is 0 Å². The van der Waals surface area contributed by atoms with Crippen LogP contribution in [-0.2, 0) is 6.61 Å². The van der Waals surface area contributed by atoms with Gasteiger partial charge in [-0.1, -0.05) is 17.7 Å². The van der Waals surface area contributed by atoms with Gasteiger partial charge in [-0.05, 0) is 24.3 Å². The van der Waals surface area contributed by atoms with Crippen molar-refractivity contribution < 1.29 is 9.84 Å². The van der Waals surface area contributed by atoms with Gasteiger partial charge in [0.25, 0.3) is 0 Å². The van der Waals surface area contributed by atoms with E-state index in [1.54, 1.807) is 41.0 Å². The summed E-state index contributed by atoms with van der Waals surface area (Å²) >= 11 is 5.87. The third kappa shape index (κ3) is 2.61. The first kappa shape index (κ1) is 11.8. The van der Waals surface area contributed by atoms with Gasteiger partial charge in [0.2, 0.25) is 0 Å². The number of fused-ring (bicyclic) bond motifs is 1. The molecule has 5 nitrogen and oxygen atoms in total. The van der Waals surface area contributed by atoms with Gasteiger partial charge in [-0.3, -0.25) is 0 Å². The zero-order valence-corrected chi connectivity index (χ0v) is 10.6. The van der Waals surface area contributed by atoms with Gasteiger partial charge in [0, 0.05) is 12.3 Å². The first-order valence-electron chi connectivity index (χ1n) is 5.63. The van der Waals surface area contributed by atoms with Gasteiger partial charge >= 0.3 is 0 Å². The molecule has 0 bridgehead atoms. The van der Waals surface area contributed by atoms with Crippen molar-refractivity contribution in [2.24, 2.45) is 0 Å². The Kier molecular flexibility index (Phi) is 2.97. The van der Waals surface area contributed by atoms with E-state index in [2.05, 4.69) is 10.1 Å². The highest BCUT2D eigenvalue weighted by atomic mass is 35.5. The van der Waals surface area contributed by atoms with Crippen LogP contribution in [0, 0.1) is 0 Å². The van der Waals surface area contributed by atoms with Crippen LogP contribution in [-0.4, -0.2) is 19.7 Å². The Hall–Kier alpha value is -2.27. The SMILES string of the molecule is Oc1cccc(OCc2nc3ccc(Cl)cn3n2)c1. The Morgan fingerprint density at radius 3 is 3.00 bits per heavy atom. The molecule has 96 valence electrons. The maximum atomic E-state index is 9.33. The van der Waals surface area contributed by atoms with Gasteiger partial charge in [-0.15, -0.1) is 5.10 Å². The third-order valence-electron chi connectivity index (χ3n) is 2.52. The first-order chi connectivity index (χ1) is 9.20. The van der Waals surface area contributed by atoms with E-state index in [-0.39, 0.29) is 12.4 Å². The molecule has 0 aliphatic rings. The molecular weight excluding hydrogens is 266 g/mol. The number of nitrogens with zero attached hydrogens (tertiary/aromatic N) is 3. The van der Waals surface area contributed by atoms with Gasteiger partial charge in [-0.25, -0.2) is 9.50 Å². The van der Waals surface area contributed by atoms with Crippen molar-refractivity contribution in [2.45, 2.75) is 6.61 Å². The Bertz CT molecular complexity index is 727. The van der Waals surface area contributed by atoms with E-state index >= 15 is 0 Å². The summed E-state index contributed by atoms with van der Waals surface area (Å²) in [5.41, 5.74) is 0.707. The van der Waals surface area contributed by atoms with Gasteiger partial charge in [0.15, 0.2) is 11.5 Å². The number of aromatic nitrogens is 3. The summed E-state index contributed by atoms with van der Waals surface area (Å²) in [4.78, 5) is 4.30. The molecule has 0 radical (unpaired) electrons. The smallest absolute Gasteiger partial charge is 0.189 e. The number of halogens is 1. The molecule has 0 fully saturated rings. The highest BCUT2D eigenvalue weighted by molar-refractivity contribution is 6.30. The van der Waals surface area contributed by atoms with E-state index in [0.29, 0.717) is 22.2 Å². The van der Waals surface area contributed by atoms with E-state index in [0.717, 1.165) is 0 Å². The first-order valence-corrected chi connectivity index (χ1v) is 6.01. The van der Waals surface area contributed by atoms with Gasteiger partial charge in [0.05, 0.1) is 5.02 Å². The van der Waals surface area contributed by atoms with E-state index in [9.17, 15) is 5.11 Å². The fourth-order valence-corrected chi connectivity index (χ4v) is 1.84. The van der Waals surface area contributed by atoms with Crippen LogP contribution in [0.3, 0.4) is 0 Å². The zero-order valence-electron chi connectivity index (χ0n) is 9.82. The Morgan fingerprint density at radius 1 is 1.26 bits per heavy atom. The van der Waals surface area contributed by atoms with E-state index < -0.39 is 0 Å². The number of benzene rings is 1. The summed E-state index contributed by atoms with van der Waals surface area (Å²) in [6.07, 6.45) is 1.68. The fraction of sp³-hybridized carbons (Fsp3) is 0.0769. The molecule has 2 heterocycles. The van der Waals surface area contributed by atoms with Crippen molar-refractivity contribution in [3.8, 4) is 11.5 Å². The minimum Gasteiger partial charge on any atom is -0.508 e. The molecule has 0 amide bonds. The molecule has 6 heteroatoms. The van der Waals surface area contributed by atoms with Crippen molar-refractivity contribution in [2.75, 3.05) is 0 Å². The molecule has 0 aliphatic carbocycles. The second-order valence-electron chi connectivity index (χ2n) is 3.96. The maximum absolute atomic E-state index is 9.33. The fourth-order valence-electron chi connectivity index (χ4n) is 1.69. The van der Waals surface area contributed by atoms with Crippen molar-refractivity contribution in [1.82, 2.24) is 14.6 Å². The lowest BCUT2D eigenvalue weighted by molar-refractivity contribution is 0.294. The normalized spacial score (nSPS) is 10.8. The number of phenols is 1. The second-order valence-corrected chi connectivity index (χ2v) is 4.40. The number of pyridine rings is 1. The summed E-state index contributed by atoms with van der Waals surface area (Å²) in [5, 5.41) is 14.2. The number of hydrogen-bond acceptors (Lipinski definition) is 4. The van der Waals surface area contributed by atoms with Gasteiger partial charge in [-0.2, -0.15) is 0 Å². The summed E-state index contributed by atoms with van der Waals surface area (Å²) in [6.45, 7) is 0.225. The topological polar surface area (TPSA) is 59.7 Å². The van der Waals surface area contributed by atoms with Crippen LogP contribution in [0.1, 0.15) is 5.82 Å². The monoisotopic (exact) mass is 275 g/mol. The molecule has 0 aliphatic heterocycles. The average molecular weight is 276 g/mol. The maximum Gasteiger partial charge on any atom is 0.189 e. The van der Waals surface area contributed by atoms with Gasteiger partial charge < -0.3 is 9.84 Å². The number of ether oxygens (including phenoxy) is 1. The molecule has 19 heavy (non-hydrogen) atoms. The molecule has 0 saturated carbocycles. The number of aromatic hydroxyl groups is 1. The Morgan fingerprint density at radius 2 is 2.16 bits per heavy atom. The summed E-state index contributed by atoms with van der Waals surface area (Å²) in [6, 6.07) is 10.1. The van der Waals surface area contributed by atoms with Crippen molar-refractivity contribution in [1.29, 1.82) is 0 Å². The molecule has 3 rings (SSSR count). The molecule has 0 atom stereocenters. The quantitative estimate of drug-likeness (QED) is 0.798. The standard InChI is InChI=1S/C13H10ClN3O2/c14-9-4-5-13-15-12(16-17(13)7-9)8-19-11-3-1-2-10(18)6-11/h1-7,18H,8H2. The lowest BCUT2D eigenvalue weighted by atomic mass is 10.3. The molecule has 1 N–H and O–H groups in total. The molecule has 3 aromatic rings. The van der Waals surface area contributed by atoms with Crippen LogP contribution in [0.15, 0.2) is 42.6 Å². The number of rotatable bonds is 3. The third-order valence-corrected chi connectivity index (χ3v) is 2.75. The van der Waals surface area contributed by atoms with Crippen LogP contribution in [0.2, 0.25) is 5.02 Å². The lowest BCUT2D eigenvalue weighted by Crippen LogP contribution is -1.98. The van der Waals surface area contributed by atoms with Gasteiger partial charge in [0.1, 0.15) is 18.1 Å². The second kappa shape index (κ2) is 4.78. The largest absolute Gasteiger partial charge is 0.508 e. The van der Waals surface area contributed by atoms with Crippen molar-refractivity contribution >= 4 is 17.2 Å². The number of hydrogen-bond donors (Lipinski definition) is 1. The lowest BCUT2D eigenvalue weighted by Gasteiger charge is -2.02. The zero-order chi connectivity index (χ0) is 13.2. The minimum atomic E-state index is 0.159. The Balaban J connectivity index is 1.78. The molecule has 1 aromatic carbocycles. The molecule has 0 saturated heterocycles. The van der Waals surface area contributed by atoms with E-state index in [4.69, 9.17) is 16.3 Å². The average Bonchev–Trinajstić information content (AvgIpc) is 2.78. The van der Waals surface area contributed by atoms with Crippen molar-refractivity contribution in [3.05, 3.63) is 53.4 Å². The molecule has 2 aromatic heterocycles. The summed E-state index contributed by atoms with van der Waals surface area (Å²) < 4.78 is 7.10. The predicted octanol–water partition coefficient (Wildman–Crippen LogP) is 2.67. The van der Waals surface area contributed by atoms with Crippen LogP contribution >= 0.6 is 11.6 Å². The highest BCUT2D eigenvalue weighted by Gasteiger charge is 2.05. The van der Waals surface area contributed by atoms with Crippen LogP contribution in [0.5, 0.6) is 11.5 Å². The summed E-state index contributed by atoms with van der Waals surface area (Å²) in [5.74, 6) is 1.27. The van der Waals surface area contributed by atoms with Crippen LogP contribution in [0.4, 0.5) is 0 Å². The van der Waals surface area contributed by atoms with E-state index in [1.165, 1.54) is 6.07 Å². The van der Waals surface area contributed by atoms with Crippen LogP contribution < -0.4 is 4.74 Å². The van der Waals surface area contributed by atoms with Crippen LogP contribution in [0.25, 0.3) is 5.65 Å². The molecule has 0 unspecified atom stereocenters. The number of phenolic OH excluding ortho intramolecular Hbond substituents is 1. The molecule has 0 spiro atoms. The predicted molar refractivity (Wildman–Crippen MR) is 70.4 cm³/mol. The van der Waals surface area contributed by atoms with E-state index in [1.807, 2.05) is 0 Å². The Labute approximate surface area is 114 Å².